The molecule has 1 aromatic rings. The van der Waals surface area contributed by atoms with Crippen molar-refractivity contribution in [2.45, 2.75) is 116 Å². The first-order chi connectivity index (χ1) is 15.1. The fraction of sp³-hybridized carbons (Fsp3) is 0.778. The largest absolute Gasteiger partial charge is 0.544 e. The second kappa shape index (κ2) is 8.61. The van der Waals surface area contributed by atoms with E-state index in [4.69, 9.17) is 13.3 Å². The van der Waals surface area contributed by atoms with Gasteiger partial charge in [0, 0.05) is 0 Å². The van der Waals surface area contributed by atoms with E-state index in [1.54, 1.807) is 11.1 Å². The lowest BCUT2D eigenvalue weighted by Crippen LogP contribution is -2.50. The van der Waals surface area contributed by atoms with Crippen molar-refractivity contribution >= 4 is 25.0 Å². The molecule has 0 amide bonds. The Kier molecular flexibility index (Phi) is 6.70. The number of hydrogen-bond acceptors (Lipinski definition) is 3. The molecule has 0 N–H and O–H groups in total. The molecule has 6 heteroatoms. The fourth-order valence-electron chi connectivity index (χ4n) is 7.07. The Morgan fingerprint density at radius 2 is 1.52 bits per heavy atom. The van der Waals surface area contributed by atoms with Crippen LogP contribution in [0.5, 0.6) is 5.75 Å². The van der Waals surface area contributed by atoms with Gasteiger partial charge in [0.05, 0.1) is 12.2 Å². The molecule has 3 nitrogen and oxygen atoms in total. The summed E-state index contributed by atoms with van der Waals surface area (Å²) < 4.78 is 20.1. The summed E-state index contributed by atoms with van der Waals surface area (Å²) in [5.41, 5.74) is 3.39. The van der Waals surface area contributed by atoms with Gasteiger partial charge >= 0.3 is 0 Å². The Bertz CT molecular complexity index is 867. The molecule has 1 aromatic carbocycles. The fourth-order valence-corrected chi connectivity index (χ4v) is 10.2. The predicted octanol–water partition coefficient (Wildman–Crippen LogP) is 7.81. The van der Waals surface area contributed by atoms with E-state index in [9.17, 15) is 0 Å². The van der Waals surface area contributed by atoms with E-state index in [1.165, 1.54) is 32.1 Å². The van der Waals surface area contributed by atoms with E-state index in [2.05, 4.69) is 84.0 Å². The summed E-state index contributed by atoms with van der Waals surface area (Å²) in [5, 5.41) is 0. The van der Waals surface area contributed by atoms with Crippen LogP contribution in [0, 0.1) is 17.3 Å². The molecule has 4 rings (SSSR count). The molecule has 0 aromatic heterocycles. The smallest absolute Gasteiger partial charge is 0.242 e. The number of benzene rings is 1. The van der Waals surface area contributed by atoms with Crippen LogP contribution in [-0.2, 0) is 15.3 Å². The quantitative estimate of drug-likeness (QED) is 0.370. The van der Waals surface area contributed by atoms with Gasteiger partial charge in [-0.1, -0.05) is 13.0 Å². The highest BCUT2D eigenvalue weighted by atomic mass is 28.4. The first-order valence-electron chi connectivity index (χ1n) is 13.2. The first-order valence-corrected chi connectivity index (χ1v) is 23.5. The van der Waals surface area contributed by atoms with Crippen LogP contribution in [0.4, 0.5) is 0 Å². The summed E-state index contributed by atoms with van der Waals surface area (Å²) in [4.78, 5) is 0. The van der Waals surface area contributed by atoms with Gasteiger partial charge < -0.3 is 13.3 Å². The molecule has 0 saturated heterocycles. The van der Waals surface area contributed by atoms with E-state index in [-0.39, 0.29) is 17.6 Å². The Labute approximate surface area is 206 Å². The molecule has 2 fully saturated rings. The molecular weight excluding hydrogens is 457 g/mol. The van der Waals surface area contributed by atoms with Gasteiger partial charge in [-0.2, -0.15) is 0 Å². The molecule has 3 aliphatic rings. The molecule has 186 valence electrons. The molecule has 33 heavy (non-hydrogen) atoms. The molecule has 0 radical (unpaired) electrons. The van der Waals surface area contributed by atoms with Gasteiger partial charge in [-0.3, -0.25) is 0 Å². The van der Waals surface area contributed by atoms with E-state index >= 15 is 0 Å². The normalized spacial score (nSPS) is 34.4. The molecular formula is C27H48O3Si3. The Morgan fingerprint density at radius 1 is 0.848 bits per heavy atom. The molecule has 0 unspecified atom stereocenters. The van der Waals surface area contributed by atoms with Crippen LogP contribution in [0.15, 0.2) is 18.2 Å². The first kappa shape index (κ1) is 25.7. The maximum atomic E-state index is 6.96. The van der Waals surface area contributed by atoms with Crippen molar-refractivity contribution in [3.8, 4) is 5.75 Å². The Morgan fingerprint density at radius 3 is 2.12 bits per heavy atom. The average Bonchev–Trinajstić information content (AvgIpc) is 2.89. The van der Waals surface area contributed by atoms with Gasteiger partial charge in [0.1, 0.15) is 5.75 Å². The number of hydrogen-bond donors (Lipinski definition) is 0. The summed E-state index contributed by atoms with van der Waals surface area (Å²) in [6.07, 6.45) is 6.74. The van der Waals surface area contributed by atoms with Gasteiger partial charge in [0.15, 0.2) is 16.6 Å². The summed E-state index contributed by atoms with van der Waals surface area (Å²) in [5.74, 6) is 3.22. The second-order valence-electron chi connectivity index (χ2n) is 14.2. The third kappa shape index (κ3) is 5.55. The Hall–Kier alpha value is -0.409. The minimum absolute atomic E-state index is 0.240. The molecule has 6 atom stereocenters. The van der Waals surface area contributed by atoms with Crippen molar-refractivity contribution in [2.24, 2.45) is 17.3 Å². The standard InChI is InChI=1S/C27H48O3Si3/c1-27-16-15-22-21-14-12-20(28-31(2,3)4)17-19(21)11-13-23(22)24(27)18-25(29-32(5,6)7)26(27)30-33(8,9)10/h12,14,17,22-26H,11,13,15-16,18H2,1-10H3/t22-,23-,24+,25+,26+,27+/m1/s1. The molecule has 2 saturated carbocycles. The van der Waals surface area contributed by atoms with E-state index in [1.807, 2.05) is 0 Å². The summed E-state index contributed by atoms with van der Waals surface area (Å²) in [6, 6.07) is 7.02. The summed E-state index contributed by atoms with van der Waals surface area (Å²) in [6.45, 7) is 23.4. The number of fused-ring (bicyclic) bond motifs is 5. The monoisotopic (exact) mass is 504 g/mol. The van der Waals surface area contributed by atoms with Crippen LogP contribution in [-0.4, -0.2) is 37.2 Å². The van der Waals surface area contributed by atoms with Crippen LogP contribution in [0.1, 0.15) is 49.7 Å². The van der Waals surface area contributed by atoms with E-state index < -0.39 is 25.0 Å². The maximum absolute atomic E-state index is 6.96. The van der Waals surface area contributed by atoms with Crippen LogP contribution >= 0.6 is 0 Å². The zero-order valence-electron chi connectivity index (χ0n) is 22.9. The summed E-state index contributed by atoms with van der Waals surface area (Å²) in [7, 11) is -4.89. The van der Waals surface area contributed by atoms with Crippen molar-refractivity contribution in [1.82, 2.24) is 0 Å². The topological polar surface area (TPSA) is 27.7 Å². The van der Waals surface area contributed by atoms with Crippen molar-refractivity contribution in [3.05, 3.63) is 29.3 Å². The van der Waals surface area contributed by atoms with Gasteiger partial charge in [-0.05, 0) is 137 Å². The number of rotatable bonds is 6. The van der Waals surface area contributed by atoms with Crippen LogP contribution in [0.3, 0.4) is 0 Å². The minimum Gasteiger partial charge on any atom is -0.544 e. The minimum atomic E-state index is -1.67. The highest BCUT2D eigenvalue weighted by Gasteiger charge is 2.60. The van der Waals surface area contributed by atoms with E-state index in [0.29, 0.717) is 11.8 Å². The van der Waals surface area contributed by atoms with Crippen LogP contribution in [0.2, 0.25) is 58.9 Å². The molecule has 0 aliphatic heterocycles. The zero-order valence-corrected chi connectivity index (χ0v) is 25.9. The second-order valence-corrected chi connectivity index (χ2v) is 27.5. The summed E-state index contributed by atoms with van der Waals surface area (Å²) >= 11 is 0. The zero-order chi connectivity index (χ0) is 24.4. The lowest BCUT2D eigenvalue weighted by molar-refractivity contribution is -0.0363. The van der Waals surface area contributed by atoms with Gasteiger partial charge in [0.25, 0.3) is 0 Å². The highest BCUT2D eigenvalue weighted by molar-refractivity contribution is 6.70. The number of aryl methyl sites for hydroxylation is 1. The maximum Gasteiger partial charge on any atom is 0.242 e. The van der Waals surface area contributed by atoms with Crippen molar-refractivity contribution in [2.75, 3.05) is 0 Å². The van der Waals surface area contributed by atoms with Crippen LogP contribution < -0.4 is 4.43 Å². The molecule has 0 heterocycles. The molecule has 0 bridgehead atoms. The molecule has 0 spiro atoms. The van der Waals surface area contributed by atoms with Crippen molar-refractivity contribution in [3.63, 3.8) is 0 Å². The third-order valence-electron chi connectivity index (χ3n) is 8.02. The van der Waals surface area contributed by atoms with Gasteiger partial charge in [0.2, 0.25) is 8.32 Å². The lowest BCUT2D eigenvalue weighted by atomic mass is 9.55. The molecule has 3 aliphatic carbocycles. The Balaban J connectivity index is 1.62. The van der Waals surface area contributed by atoms with E-state index in [0.717, 1.165) is 11.7 Å². The predicted molar refractivity (Wildman–Crippen MR) is 147 cm³/mol. The lowest BCUT2D eigenvalue weighted by Gasteiger charge is -2.51. The third-order valence-corrected chi connectivity index (χ3v) is 10.8. The van der Waals surface area contributed by atoms with Gasteiger partial charge in [-0.25, -0.2) is 0 Å². The SMILES string of the molecule is C[C@]12CC[C@@H]3c4ccc(O[Si](C)(C)C)cc4CC[C@H]3[C@@H]1C[C@H](O[Si](C)(C)C)[C@@H]2O[Si](C)(C)C. The van der Waals surface area contributed by atoms with Crippen molar-refractivity contribution in [1.29, 1.82) is 0 Å². The van der Waals surface area contributed by atoms with Gasteiger partial charge in [-0.15, -0.1) is 0 Å². The highest BCUT2D eigenvalue weighted by Crippen LogP contribution is 2.62. The van der Waals surface area contributed by atoms with Crippen LogP contribution in [0.25, 0.3) is 0 Å². The average molecular weight is 505 g/mol. The van der Waals surface area contributed by atoms with Crippen molar-refractivity contribution < 1.29 is 13.3 Å².